The first kappa shape index (κ1) is 12.6. The third kappa shape index (κ3) is 2.54. The molecule has 0 radical (unpaired) electrons. The molecule has 1 aromatic carbocycles. The maximum absolute atomic E-state index is 11.6. The summed E-state index contributed by atoms with van der Waals surface area (Å²) < 4.78 is 0. The zero-order valence-corrected chi connectivity index (χ0v) is 10.5. The topological polar surface area (TPSA) is 49.4 Å². The van der Waals surface area contributed by atoms with Crippen LogP contribution in [-0.2, 0) is 9.59 Å². The average molecular weight is 265 g/mol. The second-order valence-corrected chi connectivity index (χ2v) is 4.42. The molecule has 0 saturated carbocycles. The van der Waals surface area contributed by atoms with Gasteiger partial charge in [-0.25, -0.2) is 0 Å². The summed E-state index contributed by atoms with van der Waals surface area (Å²) in [6.07, 6.45) is 2.60. The van der Waals surface area contributed by atoms with Gasteiger partial charge in [-0.15, -0.1) is 0 Å². The minimum atomic E-state index is -0.295. The van der Waals surface area contributed by atoms with Crippen molar-refractivity contribution in [1.82, 2.24) is 0 Å². The van der Waals surface area contributed by atoms with E-state index in [0.717, 1.165) is 6.42 Å². The predicted molar refractivity (Wildman–Crippen MR) is 71.9 cm³/mol. The molecule has 5 heteroatoms. The number of carbonyl (C=O) groups excluding carboxylic acids is 2. The van der Waals surface area contributed by atoms with E-state index in [4.69, 9.17) is 11.6 Å². The van der Waals surface area contributed by atoms with E-state index in [1.54, 1.807) is 23.1 Å². The summed E-state index contributed by atoms with van der Waals surface area (Å²) in [5, 5.41) is 3.07. The quantitative estimate of drug-likeness (QED) is 0.853. The van der Waals surface area contributed by atoms with E-state index in [2.05, 4.69) is 11.9 Å². The molecule has 1 aliphatic heterocycles. The highest BCUT2D eigenvalue weighted by atomic mass is 35.5. The van der Waals surface area contributed by atoms with Crippen LogP contribution in [-0.4, -0.2) is 18.4 Å². The minimum absolute atomic E-state index is 0.0831. The highest BCUT2D eigenvalue weighted by Crippen LogP contribution is 2.31. The van der Waals surface area contributed by atoms with Gasteiger partial charge in [0, 0.05) is 18.7 Å². The molecule has 0 spiro atoms. The number of halogens is 1. The maximum Gasteiger partial charge on any atom is 0.247 e. The van der Waals surface area contributed by atoms with E-state index in [1.165, 1.54) is 6.08 Å². The Morgan fingerprint density at radius 2 is 2.28 bits per heavy atom. The molecule has 1 aliphatic rings. The van der Waals surface area contributed by atoms with Gasteiger partial charge < -0.3 is 10.2 Å². The van der Waals surface area contributed by atoms with Gasteiger partial charge >= 0.3 is 0 Å². The zero-order chi connectivity index (χ0) is 13.1. The molecule has 0 aliphatic carbocycles. The molecule has 0 aromatic heterocycles. The Morgan fingerprint density at radius 1 is 1.50 bits per heavy atom. The number of nitrogens with one attached hydrogen (secondary N) is 1. The Morgan fingerprint density at radius 3 is 2.83 bits per heavy atom. The SMILES string of the molecule is C=CC(=O)Nc1ccc(N2CCCC2=O)c(Cl)c1. The van der Waals surface area contributed by atoms with Gasteiger partial charge in [0.1, 0.15) is 0 Å². The molecule has 1 N–H and O–H groups in total. The fourth-order valence-corrected chi connectivity index (χ4v) is 2.18. The van der Waals surface area contributed by atoms with Crippen molar-refractivity contribution in [3.8, 4) is 0 Å². The summed E-state index contributed by atoms with van der Waals surface area (Å²) in [6, 6.07) is 5.09. The lowest BCUT2D eigenvalue weighted by Gasteiger charge is -2.17. The van der Waals surface area contributed by atoms with E-state index in [0.29, 0.717) is 29.4 Å². The molecule has 1 saturated heterocycles. The van der Waals surface area contributed by atoms with Gasteiger partial charge in [-0.05, 0) is 30.7 Å². The average Bonchev–Trinajstić information content (AvgIpc) is 2.75. The summed E-state index contributed by atoms with van der Waals surface area (Å²) in [5.41, 5.74) is 1.27. The lowest BCUT2D eigenvalue weighted by Crippen LogP contribution is -2.24. The van der Waals surface area contributed by atoms with Crippen LogP contribution in [0.2, 0.25) is 5.02 Å². The van der Waals surface area contributed by atoms with E-state index in [9.17, 15) is 9.59 Å². The van der Waals surface area contributed by atoms with Crippen LogP contribution < -0.4 is 10.2 Å². The molecule has 94 valence electrons. The van der Waals surface area contributed by atoms with Gasteiger partial charge in [0.05, 0.1) is 10.7 Å². The van der Waals surface area contributed by atoms with Gasteiger partial charge in [-0.1, -0.05) is 18.2 Å². The van der Waals surface area contributed by atoms with Crippen molar-refractivity contribution in [1.29, 1.82) is 0 Å². The van der Waals surface area contributed by atoms with Crippen LogP contribution >= 0.6 is 11.6 Å². The van der Waals surface area contributed by atoms with Crippen molar-refractivity contribution in [2.24, 2.45) is 0 Å². The molecule has 1 fully saturated rings. The maximum atomic E-state index is 11.6. The summed E-state index contributed by atoms with van der Waals surface area (Å²) in [5.74, 6) is -0.212. The van der Waals surface area contributed by atoms with Crippen molar-refractivity contribution < 1.29 is 9.59 Å². The first-order valence-corrected chi connectivity index (χ1v) is 6.03. The van der Waals surface area contributed by atoms with Crippen molar-refractivity contribution >= 4 is 34.8 Å². The summed E-state index contributed by atoms with van der Waals surface area (Å²) in [4.78, 5) is 24.4. The second kappa shape index (κ2) is 5.23. The Bertz CT molecular complexity index is 514. The van der Waals surface area contributed by atoms with E-state index < -0.39 is 0 Å². The number of hydrogen-bond acceptors (Lipinski definition) is 2. The molecule has 0 atom stereocenters. The normalized spacial score (nSPS) is 14.7. The van der Waals surface area contributed by atoms with Crippen LogP contribution in [0, 0.1) is 0 Å². The Kier molecular flexibility index (Phi) is 3.67. The lowest BCUT2D eigenvalue weighted by molar-refractivity contribution is -0.117. The smallest absolute Gasteiger partial charge is 0.247 e. The molecular formula is C13H13ClN2O2. The number of carbonyl (C=O) groups is 2. The number of anilines is 2. The number of hydrogen-bond donors (Lipinski definition) is 1. The summed E-state index contributed by atoms with van der Waals surface area (Å²) in [6.45, 7) is 4.06. The Balaban J connectivity index is 2.22. The van der Waals surface area contributed by atoms with E-state index in [-0.39, 0.29) is 11.8 Å². The summed E-state index contributed by atoms with van der Waals surface area (Å²) in [7, 11) is 0. The number of benzene rings is 1. The molecule has 0 bridgehead atoms. The van der Waals surface area contributed by atoms with Crippen LogP contribution in [0.3, 0.4) is 0 Å². The summed E-state index contributed by atoms with van der Waals surface area (Å²) >= 11 is 6.13. The molecular weight excluding hydrogens is 252 g/mol. The van der Waals surface area contributed by atoms with Crippen molar-refractivity contribution in [3.63, 3.8) is 0 Å². The Hall–Kier alpha value is -1.81. The Labute approximate surface area is 110 Å². The molecule has 18 heavy (non-hydrogen) atoms. The minimum Gasteiger partial charge on any atom is -0.322 e. The lowest BCUT2D eigenvalue weighted by atomic mass is 10.2. The molecule has 4 nitrogen and oxygen atoms in total. The van der Waals surface area contributed by atoms with Crippen LogP contribution in [0.25, 0.3) is 0 Å². The first-order valence-electron chi connectivity index (χ1n) is 5.65. The second-order valence-electron chi connectivity index (χ2n) is 4.01. The third-order valence-electron chi connectivity index (χ3n) is 2.76. The van der Waals surface area contributed by atoms with Crippen LogP contribution in [0.5, 0.6) is 0 Å². The van der Waals surface area contributed by atoms with Gasteiger partial charge in [-0.3, -0.25) is 9.59 Å². The van der Waals surface area contributed by atoms with E-state index in [1.807, 2.05) is 0 Å². The largest absolute Gasteiger partial charge is 0.322 e. The standard InChI is InChI=1S/C13H13ClN2O2/c1-2-12(17)15-9-5-6-11(10(14)8-9)16-7-3-4-13(16)18/h2,5-6,8H,1,3-4,7H2,(H,15,17). The highest BCUT2D eigenvalue weighted by molar-refractivity contribution is 6.34. The predicted octanol–water partition coefficient (Wildman–Crippen LogP) is 2.59. The molecule has 1 heterocycles. The molecule has 2 rings (SSSR count). The van der Waals surface area contributed by atoms with Crippen LogP contribution in [0.15, 0.2) is 30.9 Å². The fraction of sp³-hybridized carbons (Fsp3) is 0.231. The number of amides is 2. The zero-order valence-electron chi connectivity index (χ0n) is 9.78. The van der Waals surface area contributed by atoms with Gasteiger partial charge in [0.15, 0.2) is 0 Å². The van der Waals surface area contributed by atoms with Gasteiger partial charge in [0.25, 0.3) is 0 Å². The van der Waals surface area contributed by atoms with Crippen LogP contribution in [0.4, 0.5) is 11.4 Å². The van der Waals surface area contributed by atoms with Crippen molar-refractivity contribution in [2.75, 3.05) is 16.8 Å². The molecule has 1 aromatic rings. The van der Waals surface area contributed by atoms with Crippen molar-refractivity contribution in [2.45, 2.75) is 12.8 Å². The molecule has 2 amide bonds. The number of nitrogens with zero attached hydrogens (tertiary/aromatic N) is 1. The number of rotatable bonds is 3. The van der Waals surface area contributed by atoms with Gasteiger partial charge in [0.2, 0.25) is 11.8 Å². The van der Waals surface area contributed by atoms with Crippen LogP contribution in [0.1, 0.15) is 12.8 Å². The van der Waals surface area contributed by atoms with E-state index >= 15 is 0 Å². The molecule has 0 unspecified atom stereocenters. The first-order chi connectivity index (χ1) is 8.61. The van der Waals surface area contributed by atoms with Crippen molar-refractivity contribution in [3.05, 3.63) is 35.9 Å². The van der Waals surface area contributed by atoms with Gasteiger partial charge in [-0.2, -0.15) is 0 Å². The highest BCUT2D eigenvalue weighted by Gasteiger charge is 2.23. The third-order valence-corrected chi connectivity index (χ3v) is 3.07. The fourth-order valence-electron chi connectivity index (χ4n) is 1.90. The monoisotopic (exact) mass is 264 g/mol.